The predicted octanol–water partition coefficient (Wildman–Crippen LogP) is 5.62. The van der Waals surface area contributed by atoms with Crippen molar-refractivity contribution in [3.05, 3.63) is 34.6 Å². The second kappa shape index (κ2) is 12.0. The number of carbonyl (C=O) groups is 1. The van der Waals surface area contributed by atoms with Crippen molar-refractivity contribution in [2.24, 2.45) is 5.41 Å². The maximum Gasteiger partial charge on any atom is 0.474 e. The Morgan fingerprint density at radius 1 is 1.27 bits per heavy atom. The van der Waals surface area contributed by atoms with E-state index in [1.807, 2.05) is 20.8 Å². The van der Waals surface area contributed by atoms with Crippen molar-refractivity contribution >= 4 is 25.5 Å². The zero-order chi connectivity index (χ0) is 22.9. The van der Waals surface area contributed by atoms with E-state index in [4.69, 9.17) is 25.2 Å². The molecule has 0 saturated heterocycles. The van der Waals surface area contributed by atoms with Gasteiger partial charge in [0.15, 0.2) is 0 Å². The molecule has 0 fully saturated rings. The lowest BCUT2D eigenvalue weighted by Crippen LogP contribution is -2.44. The van der Waals surface area contributed by atoms with E-state index in [0.29, 0.717) is 12.0 Å². The highest BCUT2D eigenvalue weighted by molar-refractivity contribution is 7.48. The third-order valence-corrected chi connectivity index (χ3v) is 6.50. The van der Waals surface area contributed by atoms with Crippen LogP contribution in [0, 0.1) is 11.2 Å². The quantitative estimate of drug-likeness (QED) is 0.404. The van der Waals surface area contributed by atoms with Crippen molar-refractivity contribution in [2.45, 2.75) is 53.6 Å². The van der Waals surface area contributed by atoms with Gasteiger partial charge in [-0.25, -0.2) is 13.8 Å². The van der Waals surface area contributed by atoms with Gasteiger partial charge in [-0.15, -0.1) is 0 Å². The lowest BCUT2D eigenvalue weighted by atomic mass is 9.87. The Kier molecular flexibility index (Phi) is 10.8. The van der Waals surface area contributed by atoms with Gasteiger partial charge in [0.2, 0.25) is 0 Å². The number of carbonyl (C=O) groups excluding carboxylic acids is 1. The minimum Gasteiger partial charge on any atom is -0.334 e. The summed E-state index contributed by atoms with van der Waals surface area (Å²) in [6.45, 7) is 9.92. The topological polar surface area (TPSA) is 77.1 Å². The zero-order valence-electron chi connectivity index (χ0n) is 18.5. The molecule has 0 aliphatic carbocycles. The van der Waals surface area contributed by atoms with Gasteiger partial charge in [0, 0.05) is 19.6 Å². The number of urea groups is 1. The normalized spacial score (nSPS) is 13.2. The van der Waals surface area contributed by atoms with E-state index in [1.165, 1.54) is 6.07 Å². The summed E-state index contributed by atoms with van der Waals surface area (Å²) in [5.74, 6) is -0.525. The molecule has 1 unspecified atom stereocenters. The molecule has 30 heavy (non-hydrogen) atoms. The Hall–Kier alpha value is -1.18. The van der Waals surface area contributed by atoms with Gasteiger partial charge in [-0.2, -0.15) is 0 Å². The average Bonchev–Trinajstić information content (AvgIpc) is 2.67. The summed E-state index contributed by atoms with van der Waals surface area (Å²) in [5, 5.41) is 2.74. The molecule has 172 valence electrons. The highest BCUT2D eigenvalue weighted by atomic mass is 35.5. The summed E-state index contributed by atoms with van der Waals surface area (Å²) < 4.78 is 41.8. The minimum absolute atomic E-state index is 0.000176. The van der Waals surface area contributed by atoms with Gasteiger partial charge >= 0.3 is 13.9 Å². The molecule has 1 aromatic rings. The number of phosphoric ester groups is 1. The first-order chi connectivity index (χ1) is 13.9. The molecule has 1 atom stereocenters. The molecule has 0 aliphatic rings. The fourth-order valence-electron chi connectivity index (χ4n) is 2.86. The second-order valence-corrected chi connectivity index (χ2v) is 9.80. The molecule has 0 aliphatic heterocycles. The highest BCUT2D eigenvalue weighted by Crippen LogP contribution is 2.50. The smallest absolute Gasteiger partial charge is 0.334 e. The number of halogens is 2. The van der Waals surface area contributed by atoms with Gasteiger partial charge < -0.3 is 10.2 Å². The SMILES string of the molecule is CCOP(=O)(OCC)OCC(C)(C)CC(C)N(C)C(=O)NCc1cccc(F)c1Cl. The van der Waals surface area contributed by atoms with E-state index < -0.39 is 19.1 Å². The minimum atomic E-state index is -3.59. The van der Waals surface area contributed by atoms with Crippen LogP contribution < -0.4 is 5.32 Å². The number of hydrogen-bond acceptors (Lipinski definition) is 5. The third-order valence-electron chi connectivity index (χ3n) is 4.48. The molecule has 0 bridgehead atoms. The lowest BCUT2D eigenvalue weighted by Gasteiger charge is -2.33. The summed E-state index contributed by atoms with van der Waals surface area (Å²) >= 11 is 5.93. The Morgan fingerprint density at radius 3 is 2.43 bits per heavy atom. The molecule has 10 heteroatoms. The Morgan fingerprint density at radius 2 is 1.87 bits per heavy atom. The van der Waals surface area contributed by atoms with Crippen molar-refractivity contribution in [1.29, 1.82) is 0 Å². The number of nitrogens with zero attached hydrogens (tertiary/aromatic N) is 1. The van der Waals surface area contributed by atoms with E-state index in [2.05, 4.69) is 5.32 Å². The first kappa shape index (κ1) is 26.9. The standard InChI is InChI=1S/C20H33ClFN2O5P/c1-7-27-30(26,28-8-2)29-14-20(4,5)12-15(3)24(6)19(25)23-13-16-10-9-11-17(22)18(16)21/h9-11,15H,7-8,12-14H2,1-6H3,(H,23,25). The van der Waals surface area contributed by atoms with Crippen molar-refractivity contribution in [3.8, 4) is 0 Å². The highest BCUT2D eigenvalue weighted by Gasteiger charge is 2.32. The average molecular weight is 467 g/mol. The van der Waals surface area contributed by atoms with E-state index in [-0.39, 0.29) is 43.5 Å². The van der Waals surface area contributed by atoms with Crippen LogP contribution >= 0.6 is 19.4 Å². The van der Waals surface area contributed by atoms with Crippen LogP contribution in [0.15, 0.2) is 18.2 Å². The van der Waals surface area contributed by atoms with E-state index in [0.717, 1.165) is 0 Å². The summed E-state index contributed by atoms with van der Waals surface area (Å²) in [5.41, 5.74) is 0.103. The van der Waals surface area contributed by atoms with Crippen LogP contribution in [-0.4, -0.2) is 43.8 Å². The van der Waals surface area contributed by atoms with E-state index >= 15 is 0 Å². The largest absolute Gasteiger partial charge is 0.474 e. The van der Waals surface area contributed by atoms with Crippen LogP contribution in [0.4, 0.5) is 9.18 Å². The molecule has 7 nitrogen and oxygen atoms in total. The molecular formula is C20H33ClFN2O5P. The second-order valence-electron chi connectivity index (χ2n) is 7.76. The molecule has 1 rings (SSSR count). The molecule has 0 saturated carbocycles. The molecule has 0 aromatic heterocycles. The molecule has 0 radical (unpaired) electrons. The van der Waals surface area contributed by atoms with Crippen molar-refractivity contribution < 1.29 is 27.3 Å². The number of nitrogens with one attached hydrogen (secondary N) is 1. The summed E-state index contributed by atoms with van der Waals surface area (Å²) in [4.78, 5) is 14.0. The lowest BCUT2D eigenvalue weighted by molar-refractivity contribution is 0.0724. The Labute approximate surface area is 183 Å². The molecule has 1 aromatic carbocycles. The molecule has 0 heterocycles. The molecule has 1 N–H and O–H groups in total. The predicted molar refractivity (Wildman–Crippen MR) is 116 cm³/mol. The van der Waals surface area contributed by atoms with Gasteiger partial charge in [0.25, 0.3) is 0 Å². The maximum absolute atomic E-state index is 13.5. The monoisotopic (exact) mass is 466 g/mol. The Balaban J connectivity index is 2.61. The van der Waals surface area contributed by atoms with Crippen LogP contribution in [0.3, 0.4) is 0 Å². The molecular weight excluding hydrogens is 434 g/mol. The first-order valence-corrected chi connectivity index (χ1v) is 11.8. The number of rotatable bonds is 12. The van der Waals surface area contributed by atoms with Crippen molar-refractivity contribution in [3.63, 3.8) is 0 Å². The zero-order valence-corrected chi connectivity index (χ0v) is 20.2. The summed E-state index contributed by atoms with van der Waals surface area (Å²) in [6.07, 6.45) is 0.579. The van der Waals surface area contributed by atoms with Gasteiger partial charge in [0.1, 0.15) is 5.82 Å². The maximum atomic E-state index is 13.5. The number of phosphoric acid groups is 1. The molecule has 0 spiro atoms. The van der Waals surface area contributed by atoms with E-state index in [9.17, 15) is 13.8 Å². The Bertz CT molecular complexity index is 740. The van der Waals surface area contributed by atoms with Crippen LogP contribution in [0.2, 0.25) is 5.02 Å². The molecule has 2 amide bonds. The van der Waals surface area contributed by atoms with Crippen molar-refractivity contribution in [1.82, 2.24) is 10.2 Å². The number of benzene rings is 1. The summed E-state index contributed by atoms with van der Waals surface area (Å²) in [7, 11) is -1.92. The number of hydrogen-bond donors (Lipinski definition) is 1. The van der Waals surface area contributed by atoms with Gasteiger partial charge in [-0.1, -0.05) is 37.6 Å². The van der Waals surface area contributed by atoms with Crippen LogP contribution in [0.1, 0.15) is 46.6 Å². The summed E-state index contributed by atoms with van der Waals surface area (Å²) in [6, 6.07) is 4.01. The van der Waals surface area contributed by atoms with Gasteiger partial charge in [0.05, 0.1) is 24.8 Å². The van der Waals surface area contributed by atoms with Crippen LogP contribution in [-0.2, 0) is 24.7 Å². The third kappa shape index (κ3) is 8.52. The van der Waals surface area contributed by atoms with E-state index in [1.54, 1.807) is 37.9 Å². The van der Waals surface area contributed by atoms with Crippen LogP contribution in [0.5, 0.6) is 0 Å². The fourth-order valence-corrected chi connectivity index (χ4v) is 4.41. The van der Waals surface area contributed by atoms with Crippen molar-refractivity contribution in [2.75, 3.05) is 26.9 Å². The number of amides is 2. The van der Waals surface area contributed by atoms with Gasteiger partial charge in [-0.05, 0) is 44.2 Å². The fraction of sp³-hybridized carbons (Fsp3) is 0.650. The van der Waals surface area contributed by atoms with Crippen LogP contribution in [0.25, 0.3) is 0 Å². The first-order valence-electron chi connectivity index (χ1n) is 9.92. The van der Waals surface area contributed by atoms with Gasteiger partial charge in [-0.3, -0.25) is 13.6 Å².